The third-order valence-electron chi connectivity index (χ3n) is 5.62. The van der Waals surface area contributed by atoms with Gasteiger partial charge >= 0.3 is 7.60 Å². The van der Waals surface area contributed by atoms with E-state index >= 15 is 0 Å². The number of ether oxygens (including phenoxy) is 1. The lowest BCUT2D eigenvalue weighted by Crippen LogP contribution is -2.11. The molecule has 34 heavy (non-hydrogen) atoms. The van der Waals surface area contributed by atoms with E-state index in [1.165, 1.54) is 0 Å². The molecule has 2 aromatic carbocycles. The van der Waals surface area contributed by atoms with Crippen LogP contribution in [-0.2, 0) is 22.1 Å². The number of imidazole rings is 1. The number of hydrogen-bond donors (Lipinski definition) is 1. The van der Waals surface area contributed by atoms with Gasteiger partial charge in [0.1, 0.15) is 17.1 Å². The Bertz CT molecular complexity index is 1320. The summed E-state index contributed by atoms with van der Waals surface area (Å²) in [5, 5.41) is 0. The first-order valence-corrected chi connectivity index (χ1v) is 13.1. The molecule has 0 aliphatic heterocycles. The zero-order valence-corrected chi connectivity index (χ0v) is 20.8. The largest absolute Gasteiger partial charge is 0.473 e. The summed E-state index contributed by atoms with van der Waals surface area (Å²) in [6.07, 6.45) is 0.804. The van der Waals surface area contributed by atoms with Crippen LogP contribution >= 0.6 is 7.60 Å². The fourth-order valence-corrected chi connectivity index (χ4v) is 5.37. The van der Waals surface area contributed by atoms with Gasteiger partial charge in [-0.25, -0.2) is 9.97 Å². The molecule has 1 N–H and O–H groups in total. The van der Waals surface area contributed by atoms with Gasteiger partial charge in [-0.15, -0.1) is 0 Å². The molecule has 178 valence electrons. The van der Waals surface area contributed by atoms with Gasteiger partial charge in [0, 0.05) is 17.7 Å². The molecule has 0 amide bonds. The van der Waals surface area contributed by atoms with E-state index in [1.807, 2.05) is 37.3 Å². The summed E-state index contributed by atoms with van der Waals surface area (Å²) in [7, 11) is -4.04. The van der Waals surface area contributed by atoms with Crippen LogP contribution in [0.3, 0.4) is 0 Å². The molecule has 2 heterocycles. The Kier molecular flexibility index (Phi) is 7.17. The van der Waals surface area contributed by atoms with Crippen molar-refractivity contribution >= 4 is 18.8 Å². The van der Waals surface area contributed by atoms with Gasteiger partial charge in [0.2, 0.25) is 5.85 Å². The van der Waals surface area contributed by atoms with E-state index in [0.717, 1.165) is 40.2 Å². The maximum Gasteiger partial charge on any atom is 0.372 e. The number of benzene rings is 2. The fourth-order valence-electron chi connectivity index (χ4n) is 4.06. The van der Waals surface area contributed by atoms with E-state index in [0.29, 0.717) is 17.9 Å². The Hall–Kier alpha value is -2.99. The van der Waals surface area contributed by atoms with Crippen molar-refractivity contribution in [3.8, 4) is 5.75 Å². The van der Waals surface area contributed by atoms with Crippen LogP contribution in [0.25, 0.3) is 11.2 Å². The molecule has 0 spiro atoms. The number of aromatic nitrogens is 3. The van der Waals surface area contributed by atoms with Crippen LogP contribution in [0.4, 0.5) is 0 Å². The maximum atomic E-state index is 12.8. The monoisotopic (exact) mass is 479 g/mol. The Morgan fingerprint density at radius 2 is 1.74 bits per heavy atom. The van der Waals surface area contributed by atoms with Crippen LogP contribution in [0.1, 0.15) is 47.9 Å². The lowest BCUT2D eigenvalue weighted by atomic mass is 10.2. The van der Waals surface area contributed by atoms with Crippen LogP contribution in [0.2, 0.25) is 0 Å². The van der Waals surface area contributed by atoms with Crippen molar-refractivity contribution in [3.05, 3.63) is 88.9 Å². The highest BCUT2D eigenvalue weighted by Gasteiger charge is 2.35. The molecular formula is C26H30N3O4P. The van der Waals surface area contributed by atoms with Gasteiger partial charge < -0.3 is 18.7 Å². The summed E-state index contributed by atoms with van der Waals surface area (Å²) >= 11 is 0. The van der Waals surface area contributed by atoms with Gasteiger partial charge in [0.05, 0.1) is 13.2 Å². The summed E-state index contributed by atoms with van der Waals surface area (Å²) in [6, 6.07) is 18.6. The van der Waals surface area contributed by atoms with E-state index in [4.69, 9.17) is 19.2 Å². The molecule has 0 fully saturated rings. The molecule has 0 bridgehead atoms. The zero-order valence-electron chi connectivity index (χ0n) is 19.9. The van der Waals surface area contributed by atoms with Crippen molar-refractivity contribution in [3.63, 3.8) is 0 Å². The molecule has 2 unspecified atom stereocenters. The summed E-state index contributed by atoms with van der Waals surface area (Å²) < 4.78 is 26.1. The Morgan fingerprint density at radius 3 is 2.38 bits per heavy atom. The molecule has 2 atom stereocenters. The first kappa shape index (κ1) is 24.1. The number of pyridine rings is 1. The third kappa shape index (κ3) is 5.07. The van der Waals surface area contributed by atoms with Gasteiger partial charge in [-0.05, 0) is 50.1 Å². The van der Waals surface area contributed by atoms with Crippen LogP contribution in [-0.4, -0.2) is 26.0 Å². The fraction of sp³-hybridized carbons (Fsp3) is 0.308. The van der Waals surface area contributed by atoms with Gasteiger partial charge in [-0.3, -0.25) is 4.57 Å². The first-order valence-electron chi connectivity index (χ1n) is 11.4. The lowest BCUT2D eigenvalue weighted by molar-refractivity contribution is 0.193. The van der Waals surface area contributed by atoms with E-state index in [1.54, 1.807) is 31.2 Å². The van der Waals surface area contributed by atoms with Crippen molar-refractivity contribution in [1.29, 1.82) is 0 Å². The van der Waals surface area contributed by atoms with Crippen molar-refractivity contribution in [2.45, 2.75) is 46.5 Å². The SMILES string of the molecule is CCOP(=O)(O)C(Oc1ccc(Cn2c(CC)nc3c(C)cc(C)nc32)cc1)c1ccccc1. The molecular weight excluding hydrogens is 449 g/mol. The van der Waals surface area contributed by atoms with Crippen molar-refractivity contribution in [1.82, 2.24) is 14.5 Å². The molecule has 7 nitrogen and oxygen atoms in total. The molecule has 4 rings (SSSR count). The minimum atomic E-state index is -4.04. The van der Waals surface area contributed by atoms with E-state index in [9.17, 15) is 9.46 Å². The summed E-state index contributed by atoms with van der Waals surface area (Å²) in [5.41, 5.74) is 5.54. The highest BCUT2D eigenvalue weighted by atomic mass is 31.2. The van der Waals surface area contributed by atoms with Crippen LogP contribution in [0, 0.1) is 13.8 Å². The number of hydrogen-bond acceptors (Lipinski definition) is 5. The average Bonchev–Trinajstić information content (AvgIpc) is 3.16. The molecule has 4 aromatic rings. The number of fused-ring (bicyclic) bond motifs is 1. The van der Waals surface area contributed by atoms with Crippen molar-refractivity contribution < 1.29 is 18.7 Å². The molecule has 2 aromatic heterocycles. The second-order valence-electron chi connectivity index (χ2n) is 8.23. The topological polar surface area (TPSA) is 86.5 Å². The quantitative estimate of drug-likeness (QED) is 0.298. The average molecular weight is 480 g/mol. The lowest BCUT2D eigenvalue weighted by Gasteiger charge is -2.24. The van der Waals surface area contributed by atoms with Gasteiger partial charge in [0.25, 0.3) is 0 Å². The minimum absolute atomic E-state index is 0.116. The summed E-state index contributed by atoms with van der Waals surface area (Å²) in [6.45, 7) is 8.56. The van der Waals surface area contributed by atoms with Crippen molar-refractivity contribution in [2.75, 3.05) is 6.61 Å². The van der Waals surface area contributed by atoms with Gasteiger partial charge in [-0.1, -0.05) is 49.4 Å². The highest BCUT2D eigenvalue weighted by molar-refractivity contribution is 7.53. The van der Waals surface area contributed by atoms with Crippen LogP contribution in [0.15, 0.2) is 60.7 Å². The Balaban J connectivity index is 1.61. The van der Waals surface area contributed by atoms with E-state index in [2.05, 4.69) is 24.5 Å². The first-order chi connectivity index (χ1) is 16.3. The van der Waals surface area contributed by atoms with Crippen molar-refractivity contribution in [2.24, 2.45) is 0 Å². The Labute approximate surface area is 199 Å². The van der Waals surface area contributed by atoms with Crippen LogP contribution < -0.4 is 4.74 Å². The molecule has 0 saturated carbocycles. The standard InChI is InChI=1S/C26H30N3O4P/c1-5-23-28-24-18(3)16-19(4)27-25(24)29(23)17-20-12-14-22(15-13-20)33-26(34(30,31)32-6-2)21-10-8-7-9-11-21/h7-16,26H,5-6,17H2,1-4H3,(H,30,31). The summed E-state index contributed by atoms with van der Waals surface area (Å²) in [5.74, 6) is 0.361. The number of rotatable bonds is 9. The zero-order chi connectivity index (χ0) is 24.3. The van der Waals surface area contributed by atoms with E-state index in [-0.39, 0.29) is 6.61 Å². The van der Waals surface area contributed by atoms with E-state index < -0.39 is 13.4 Å². The smallest absolute Gasteiger partial charge is 0.372 e. The molecule has 0 radical (unpaired) electrons. The normalized spacial score (nSPS) is 14.1. The Morgan fingerprint density at radius 1 is 1.03 bits per heavy atom. The molecule has 0 saturated heterocycles. The number of aryl methyl sites for hydroxylation is 3. The number of nitrogens with zero attached hydrogens (tertiary/aromatic N) is 3. The molecule has 8 heteroatoms. The second-order valence-corrected chi connectivity index (χ2v) is 10.1. The predicted molar refractivity (Wildman–Crippen MR) is 133 cm³/mol. The van der Waals surface area contributed by atoms with Gasteiger partial charge in [0.15, 0.2) is 5.65 Å². The summed E-state index contributed by atoms with van der Waals surface area (Å²) in [4.78, 5) is 20.1. The maximum absolute atomic E-state index is 12.8. The highest BCUT2D eigenvalue weighted by Crippen LogP contribution is 2.56. The second kappa shape index (κ2) is 10.1. The van der Waals surface area contributed by atoms with Gasteiger partial charge in [-0.2, -0.15) is 0 Å². The van der Waals surface area contributed by atoms with Crippen LogP contribution in [0.5, 0.6) is 5.75 Å². The molecule has 0 aliphatic rings. The predicted octanol–water partition coefficient (Wildman–Crippen LogP) is 5.96. The minimum Gasteiger partial charge on any atom is -0.473 e. The molecule has 0 aliphatic carbocycles. The third-order valence-corrected chi connectivity index (χ3v) is 7.25.